The molecule has 0 aliphatic rings. The number of hydrogen-bond donors (Lipinski definition) is 1. The highest BCUT2D eigenvalue weighted by Gasteiger charge is 2.34. The molecule has 1 N–H and O–H groups in total. The lowest BCUT2D eigenvalue weighted by Gasteiger charge is -2.17. The van der Waals surface area contributed by atoms with Gasteiger partial charge in [-0.1, -0.05) is 15.9 Å². The Labute approximate surface area is 107 Å². The molecule has 1 rings (SSSR count). The van der Waals surface area contributed by atoms with Crippen molar-refractivity contribution in [2.75, 3.05) is 0 Å². The molecule has 0 radical (unpaired) electrons. The van der Waals surface area contributed by atoms with Crippen LogP contribution in [0.3, 0.4) is 0 Å². The Kier molecular flexibility index (Phi) is 4.85. The molecule has 0 aliphatic carbocycles. The number of aromatic nitrogens is 1. The Morgan fingerprint density at radius 2 is 2.00 bits per heavy atom. The van der Waals surface area contributed by atoms with Gasteiger partial charge in [-0.2, -0.15) is 0 Å². The predicted octanol–water partition coefficient (Wildman–Crippen LogP) is 3.31. The van der Waals surface area contributed by atoms with Gasteiger partial charge in [0, 0.05) is 22.7 Å². The minimum atomic E-state index is -5.04. The maximum Gasteiger partial charge on any atom is 0.573 e. The highest BCUT2D eigenvalue weighted by Crippen LogP contribution is 2.35. The number of rotatable bonds is 4. The summed E-state index contributed by atoms with van der Waals surface area (Å²) in [5.41, 5.74) is -1.68. The summed E-state index contributed by atoms with van der Waals surface area (Å²) in [5, 5.41) is 8.85. The van der Waals surface area contributed by atoms with Crippen LogP contribution in [-0.4, -0.2) is 16.5 Å². The van der Waals surface area contributed by atoms with Gasteiger partial charge < -0.3 is 9.84 Å². The Bertz CT molecular complexity index is 424. The summed E-state index contributed by atoms with van der Waals surface area (Å²) in [5.74, 6) is -0.841. The molecular formula is C9H7BrF5NO2. The molecule has 0 saturated heterocycles. The Morgan fingerprint density at radius 1 is 1.39 bits per heavy atom. The van der Waals surface area contributed by atoms with Gasteiger partial charge in [0.05, 0.1) is 6.61 Å². The second-order valence-corrected chi connectivity index (χ2v) is 3.68. The average Bonchev–Trinajstić information content (AvgIpc) is 2.26. The summed E-state index contributed by atoms with van der Waals surface area (Å²) in [6.07, 6.45) is -7.30. The highest BCUT2D eigenvalue weighted by molar-refractivity contribution is 9.08. The van der Waals surface area contributed by atoms with E-state index in [1.165, 1.54) is 0 Å². The standard InChI is InChI=1S/C9H7BrF5NO2/c10-1-4-2-16-6(8(11)12)5(3-17)7(4)18-9(13,14)15/h2,8,17H,1,3H2. The summed E-state index contributed by atoms with van der Waals surface area (Å²) in [6.45, 7) is -1.03. The van der Waals surface area contributed by atoms with Crippen molar-refractivity contribution in [3.8, 4) is 5.75 Å². The lowest BCUT2D eigenvalue weighted by atomic mass is 10.1. The summed E-state index contributed by atoms with van der Waals surface area (Å²) in [7, 11) is 0. The van der Waals surface area contributed by atoms with E-state index in [-0.39, 0.29) is 10.9 Å². The van der Waals surface area contributed by atoms with Crippen LogP contribution >= 0.6 is 15.9 Å². The third-order valence-electron chi connectivity index (χ3n) is 1.96. The number of nitrogens with zero attached hydrogens (tertiary/aromatic N) is 1. The lowest BCUT2D eigenvalue weighted by Crippen LogP contribution is -2.20. The molecule has 0 aliphatic heterocycles. The number of pyridine rings is 1. The zero-order valence-electron chi connectivity index (χ0n) is 8.64. The molecule has 9 heteroatoms. The molecule has 0 atom stereocenters. The van der Waals surface area contributed by atoms with Gasteiger partial charge >= 0.3 is 6.36 Å². The van der Waals surface area contributed by atoms with Gasteiger partial charge in [-0.15, -0.1) is 13.2 Å². The fourth-order valence-electron chi connectivity index (χ4n) is 1.27. The van der Waals surface area contributed by atoms with E-state index in [4.69, 9.17) is 5.11 Å². The van der Waals surface area contributed by atoms with Crippen LogP contribution in [0.5, 0.6) is 5.75 Å². The van der Waals surface area contributed by atoms with Crippen molar-refractivity contribution >= 4 is 15.9 Å². The van der Waals surface area contributed by atoms with Crippen molar-refractivity contribution in [1.29, 1.82) is 0 Å². The molecule has 18 heavy (non-hydrogen) atoms. The number of aliphatic hydroxyl groups excluding tert-OH is 1. The van der Waals surface area contributed by atoms with Gasteiger partial charge in [-0.25, -0.2) is 8.78 Å². The quantitative estimate of drug-likeness (QED) is 0.678. The van der Waals surface area contributed by atoms with E-state index in [0.717, 1.165) is 6.20 Å². The van der Waals surface area contributed by atoms with Crippen LogP contribution in [0, 0.1) is 0 Å². The number of aliphatic hydroxyl groups is 1. The zero-order chi connectivity index (χ0) is 13.9. The molecule has 0 bridgehead atoms. The minimum absolute atomic E-state index is 0.0814. The second kappa shape index (κ2) is 5.79. The van der Waals surface area contributed by atoms with Crippen molar-refractivity contribution in [2.24, 2.45) is 0 Å². The molecule has 0 amide bonds. The summed E-state index contributed by atoms with van der Waals surface area (Å²) < 4.78 is 65.3. The third-order valence-corrected chi connectivity index (χ3v) is 2.57. The summed E-state index contributed by atoms with van der Waals surface area (Å²) in [6, 6.07) is 0. The van der Waals surface area contributed by atoms with Crippen molar-refractivity contribution in [2.45, 2.75) is 24.7 Å². The number of ether oxygens (including phenoxy) is 1. The topological polar surface area (TPSA) is 42.4 Å². The molecular weight excluding hydrogens is 329 g/mol. The summed E-state index contributed by atoms with van der Waals surface area (Å²) >= 11 is 2.88. The third kappa shape index (κ3) is 3.52. The number of halogens is 6. The maximum absolute atomic E-state index is 12.5. The molecule has 1 aromatic heterocycles. The van der Waals surface area contributed by atoms with Crippen LogP contribution in [0.25, 0.3) is 0 Å². The molecule has 3 nitrogen and oxygen atoms in total. The molecule has 0 saturated carbocycles. The Hall–Kier alpha value is -0.960. The van der Waals surface area contributed by atoms with Gasteiger partial charge in [0.25, 0.3) is 6.43 Å². The van der Waals surface area contributed by atoms with Crippen LogP contribution in [0.4, 0.5) is 22.0 Å². The number of hydrogen-bond acceptors (Lipinski definition) is 3. The molecule has 0 spiro atoms. The van der Waals surface area contributed by atoms with E-state index in [2.05, 4.69) is 25.7 Å². The van der Waals surface area contributed by atoms with Crippen molar-refractivity contribution in [3.05, 3.63) is 23.0 Å². The first-order valence-corrected chi connectivity index (χ1v) is 5.63. The van der Waals surface area contributed by atoms with Crippen LogP contribution < -0.4 is 4.74 Å². The highest BCUT2D eigenvalue weighted by atomic mass is 79.9. The van der Waals surface area contributed by atoms with Gasteiger partial charge in [-0.05, 0) is 0 Å². The van der Waals surface area contributed by atoms with E-state index >= 15 is 0 Å². The van der Waals surface area contributed by atoms with E-state index in [1.54, 1.807) is 0 Å². The Balaban J connectivity index is 3.37. The van der Waals surface area contributed by atoms with Crippen LogP contribution in [0.2, 0.25) is 0 Å². The van der Waals surface area contributed by atoms with Gasteiger partial charge in [0.15, 0.2) is 0 Å². The van der Waals surface area contributed by atoms with Crippen LogP contribution in [0.1, 0.15) is 23.2 Å². The molecule has 1 aromatic rings. The molecule has 0 unspecified atom stereocenters. The average molecular weight is 336 g/mol. The fraction of sp³-hybridized carbons (Fsp3) is 0.444. The van der Waals surface area contributed by atoms with Crippen LogP contribution in [-0.2, 0) is 11.9 Å². The zero-order valence-corrected chi connectivity index (χ0v) is 10.2. The SMILES string of the molecule is OCc1c(C(F)F)ncc(CBr)c1OC(F)(F)F. The monoisotopic (exact) mass is 335 g/mol. The normalized spacial score (nSPS) is 12.0. The molecule has 0 aromatic carbocycles. The lowest BCUT2D eigenvalue weighted by molar-refractivity contribution is -0.275. The second-order valence-electron chi connectivity index (χ2n) is 3.12. The predicted molar refractivity (Wildman–Crippen MR) is 54.4 cm³/mol. The van der Waals surface area contributed by atoms with Gasteiger partial charge in [0.1, 0.15) is 11.4 Å². The fourth-order valence-corrected chi connectivity index (χ4v) is 1.67. The van der Waals surface area contributed by atoms with Crippen molar-refractivity contribution in [1.82, 2.24) is 4.98 Å². The number of alkyl halides is 6. The minimum Gasteiger partial charge on any atom is -0.405 e. The maximum atomic E-state index is 12.5. The smallest absolute Gasteiger partial charge is 0.405 e. The molecule has 1 heterocycles. The molecule has 0 fully saturated rings. The Morgan fingerprint density at radius 3 is 2.39 bits per heavy atom. The first-order chi connectivity index (χ1) is 8.30. The van der Waals surface area contributed by atoms with E-state index < -0.39 is 36.4 Å². The van der Waals surface area contributed by atoms with Gasteiger partial charge in [0.2, 0.25) is 0 Å². The first-order valence-electron chi connectivity index (χ1n) is 4.51. The van der Waals surface area contributed by atoms with Gasteiger partial charge in [-0.3, -0.25) is 4.98 Å². The largest absolute Gasteiger partial charge is 0.573 e. The van der Waals surface area contributed by atoms with E-state index in [1.807, 2.05) is 0 Å². The van der Waals surface area contributed by atoms with Crippen molar-refractivity contribution in [3.63, 3.8) is 0 Å². The van der Waals surface area contributed by atoms with Crippen LogP contribution in [0.15, 0.2) is 6.20 Å². The molecule has 102 valence electrons. The van der Waals surface area contributed by atoms with Crippen molar-refractivity contribution < 1.29 is 31.8 Å². The summed E-state index contributed by atoms with van der Waals surface area (Å²) in [4.78, 5) is 3.32. The first kappa shape index (κ1) is 15.1. The van der Waals surface area contributed by atoms with E-state index in [0.29, 0.717) is 0 Å². The van der Waals surface area contributed by atoms with E-state index in [9.17, 15) is 22.0 Å².